The van der Waals surface area contributed by atoms with Crippen LogP contribution >= 0.6 is 35.0 Å². The molecule has 128 heavy (non-hydrogen) atoms. The van der Waals surface area contributed by atoms with Crippen LogP contribution in [-0.4, -0.2) is 267 Å². The highest BCUT2D eigenvalue weighted by atomic mass is 35.5. The van der Waals surface area contributed by atoms with Crippen molar-refractivity contribution in [2.24, 2.45) is 17.6 Å². The third-order valence-corrected chi connectivity index (χ3v) is 23.0. The molecule has 15 amide bonds. The number of carbonyl (C=O) groups is 16. The number of unbranched alkanes of at least 4 members (excludes halogenated alkanes) is 1. The first kappa shape index (κ1) is 102. The van der Waals surface area contributed by atoms with Gasteiger partial charge in [0.1, 0.15) is 78.0 Å². The molecule has 0 saturated carbocycles. The number of aromatic hydroxyl groups is 2. The molecular weight excluding hydrogens is 1710 g/mol. The van der Waals surface area contributed by atoms with Crippen molar-refractivity contribution < 1.29 is 92.0 Å². The van der Waals surface area contributed by atoms with Crippen LogP contribution in [0.2, 0.25) is 10.0 Å². The lowest BCUT2D eigenvalue weighted by atomic mass is 9.98. The number of primary amides is 1. The summed E-state index contributed by atoms with van der Waals surface area (Å²) in [5.41, 5.74) is 8.12. The number of carbonyl (C=O) groups excluding carboxylic acids is 15. The smallest absolute Gasteiger partial charge is 0.305 e. The van der Waals surface area contributed by atoms with Crippen molar-refractivity contribution in [3.05, 3.63) is 201 Å². The van der Waals surface area contributed by atoms with E-state index >= 15 is 33.6 Å². The van der Waals surface area contributed by atoms with Crippen LogP contribution in [0.5, 0.6) is 11.5 Å². The van der Waals surface area contributed by atoms with E-state index in [1.54, 1.807) is 119 Å². The minimum absolute atomic E-state index is 0.0258. The van der Waals surface area contributed by atoms with Crippen LogP contribution in [0.15, 0.2) is 158 Å². The van der Waals surface area contributed by atoms with E-state index in [0.717, 1.165) is 36.3 Å². The number of halogens is 2. The molecule has 0 radical (unpaired) electrons. The van der Waals surface area contributed by atoms with Gasteiger partial charge in [-0.3, -0.25) is 76.7 Å². The van der Waals surface area contributed by atoms with E-state index in [2.05, 4.69) is 47.9 Å². The SMILES string of the molecule is CCCC[C@H]1C(=O)N(C)CC(=O)N[C@@H](CC(=O)O)C(=O)N[C@@H](C(C)C)C(=O)N(C)[C@@H](Cc2ccccc2)C(=O)N[C@@H](Cc2ccc(O)cc2)C(=O)N(C)CC(=O)N[C@@H](Cc2ccc(Cl)cc2Cl)C(=O)N[C@@H](Cc2ccc(O)cc2)C(=O)N[C@@H](CC(C)C)C(=O)N[C@H](C(=O)NCC(N)=O)CSCC(=O)N[C@@H](Cc2ccccc2)C(=O)N(C)[C@@H](Cc2ccccc2)C(=O)N1C. The minimum atomic E-state index is -1.91. The Morgan fingerprint density at radius 1 is 0.469 bits per heavy atom. The molecule has 0 aliphatic carbocycles. The Morgan fingerprint density at radius 2 is 0.906 bits per heavy atom. The number of likely N-dealkylation sites (N-methyl/N-ethyl adjacent to an activating group) is 5. The molecule has 1 heterocycles. The third kappa shape index (κ3) is 32.0. The molecule has 1 fully saturated rings. The van der Waals surface area contributed by atoms with Crippen LogP contribution in [0.4, 0.5) is 0 Å². The maximum atomic E-state index is 15.5. The van der Waals surface area contributed by atoms with Crippen LogP contribution in [0.1, 0.15) is 100 Å². The summed E-state index contributed by atoms with van der Waals surface area (Å²) in [7, 11) is 6.47. The van der Waals surface area contributed by atoms with Gasteiger partial charge in [0, 0.05) is 89.6 Å². The molecule has 688 valence electrons. The van der Waals surface area contributed by atoms with E-state index in [9.17, 15) is 58.5 Å². The van der Waals surface area contributed by atoms with E-state index in [1.807, 2.05) is 6.92 Å². The zero-order chi connectivity index (χ0) is 94.2. The van der Waals surface area contributed by atoms with Crippen molar-refractivity contribution >= 4 is 130 Å². The number of benzene rings is 6. The average molecular weight is 1830 g/mol. The fourth-order valence-corrected chi connectivity index (χ4v) is 15.7. The number of nitrogens with one attached hydrogen (secondary N) is 9. The Hall–Kier alpha value is -12.6. The number of hydrogen-bond acceptors (Lipinski definition) is 19. The molecule has 0 bridgehead atoms. The molecule has 0 spiro atoms. The summed E-state index contributed by atoms with van der Waals surface area (Å²) in [6, 6.07) is 24.0. The molecule has 6 aromatic carbocycles. The van der Waals surface area contributed by atoms with E-state index in [-0.39, 0.29) is 78.0 Å². The second-order valence-corrected chi connectivity index (χ2v) is 34.3. The van der Waals surface area contributed by atoms with E-state index in [0.29, 0.717) is 40.7 Å². The van der Waals surface area contributed by atoms with E-state index < -0.39 is 211 Å². The number of aliphatic carboxylic acids is 1. The van der Waals surface area contributed by atoms with Gasteiger partial charge in [-0.15, -0.1) is 11.8 Å². The number of carboxylic acids is 1. The van der Waals surface area contributed by atoms with Crippen molar-refractivity contribution in [2.75, 3.05) is 66.4 Å². The monoisotopic (exact) mass is 1820 g/mol. The summed E-state index contributed by atoms with van der Waals surface area (Å²) in [4.78, 5) is 239. The van der Waals surface area contributed by atoms with Crippen LogP contribution < -0.4 is 53.6 Å². The molecule has 14 N–H and O–H groups in total. The number of rotatable bonds is 23. The first-order chi connectivity index (χ1) is 60.7. The van der Waals surface area contributed by atoms with Gasteiger partial charge >= 0.3 is 5.97 Å². The highest BCUT2D eigenvalue weighted by molar-refractivity contribution is 8.00. The summed E-state index contributed by atoms with van der Waals surface area (Å²) in [6.45, 7) is 6.06. The quantitative estimate of drug-likeness (QED) is 0.0438. The van der Waals surface area contributed by atoms with Crippen molar-refractivity contribution in [2.45, 2.75) is 172 Å². The summed E-state index contributed by atoms with van der Waals surface area (Å²) < 4.78 is 0. The number of nitrogens with two attached hydrogens (primary N) is 1. The van der Waals surface area contributed by atoms with Gasteiger partial charge in [0.15, 0.2) is 0 Å². The lowest BCUT2D eigenvalue weighted by Crippen LogP contribution is -2.61. The molecule has 11 atom stereocenters. The Labute approximate surface area is 758 Å². The number of phenols is 2. The summed E-state index contributed by atoms with van der Waals surface area (Å²) in [5, 5.41) is 54.8. The van der Waals surface area contributed by atoms with Gasteiger partial charge < -0.3 is 93.4 Å². The fraction of sp³-hybridized carbons (Fsp3) is 0.429. The zero-order valence-corrected chi connectivity index (χ0v) is 75.5. The molecule has 34 nitrogen and oxygen atoms in total. The van der Waals surface area contributed by atoms with Gasteiger partial charge in [0.05, 0.1) is 31.8 Å². The summed E-state index contributed by atoms with van der Waals surface area (Å²) in [6.07, 6.45) is -1.79. The first-order valence-electron chi connectivity index (χ1n) is 41.9. The number of hydrogen-bond donors (Lipinski definition) is 13. The number of phenolic OH excluding ortho intramolecular Hbond substituents is 2. The first-order valence-corrected chi connectivity index (χ1v) is 43.8. The van der Waals surface area contributed by atoms with Crippen molar-refractivity contribution in [3.63, 3.8) is 0 Å². The Kier molecular flexibility index (Phi) is 40.1. The molecule has 7 rings (SSSR count). The molecular formula is C91H115Cl2N15O19S. The highest BCUT2D eigenvalue weighted by Gasteiger charge is 2.42. The van der Waals surface area contributed by atoms with Gasteiger partial charge in [-0.25, -0.2) is 0 Å². The molecule has 0 unspecified atom stereocenters. The molecule has 0 aromatic heterocycles. The molecule has 1 saturated heterocycles. The van der Waals surface area contributed by atoms with Gasteiger partial charge in [-0.1, -0.05) is 192 Å². The Morgan fingerprint density at radius 3 is 1.41 bits per heavy atom. The predicted molar refractivity (Wildman–Crippen MR) is 480 cm³/mol. The number of thioether (sulfide) groups is 1. The third-order valence-electron chi connectivity index (χ3n) is 21.4. The van der Waals surface area contributed by atoms with Crippen molar-refractivity contribution in [3.8, 4) is 11.5 Å². The Bertz CT molecular complexity index is 4870. The van der Waals surface area contributed by atoms with Crippen LogP contribution in [0.3, 0.4) is 0 Å². The molecule has 1 aliphatic heterocycles. The standard InChI is InChI=1S/C91H115Cl2N15O19S/c1-11-12-28-72-89(125)105(7)50-77(113)97-68(47-79(115)116)85(121)103-80(54(4)5)91(127)107(9)73(43-56-24-18-14-19-25-56)86(122)101-69(42-59-31-37-63(110)38-32-59)87(123)104(6)49-76(112)96-67(45-60-33-34-61(92)46-64(60)93)84(120)100-66(40-58-29-35-62(109)36-30-58)83(119)99-65(39-53(2)3)82(118)102-71(81(117)95-48-75(94)111)51-128-52-78(114)98-70(41-55-22-16-13-17-23-55)88(124)108(10)74(90(126)106(72)8)44-57-26-20-15-21-27-57/h13-27,29-38,46,53-54,65-74,80,109-110H,11-12,28,39-45,47-52H2,1-10H3,(H2,94,111)(H,95,117)(H,96,112)(H,97,113)(H,98,114)(H,99,119)(H,100,120)(H,101,122)(H,102,118)(H,103,121)(H,115,116)/t65-,66-,67-,68-,69-,70-,71-,72-,73-,74-,80-/m0/s1. The van der Waals surface area contributed by atoms with E-state index in [4.69, 9.17) is 28.9 Å². The molecule has 37 heteroatoms. The Balaban J connectivity index is 1.34. The molecule has 1 aliphatic rings. The lowest BCUT2D eigenvalue weighted by Gasteiger charge is -2.37. The minimum Gasteiger partial charge on any atom is -0.508 e. The summed E-state index contributed by atoms with van der Waals surface area (Å²) >= 11 is 13.9. The zero-order valence-electron chi connectivity index (χ0n) is 73.2. The van der Waals surface area contributed by atoms with E-state index in [1.165, 1.54) is 102 Å². The molecule has 6 aromatic rings. The number of amides is 15. The van der Waals surface area contributed by atoms with Gasteiger partial charge in [0.2, 0.25) is 88.6 Å². The number of carboxylic acid groups (broad SMARTS) is 1. The van der Waals surface area contributed by atoms with Crippen molar-refractivity contribution in [1.29, 1.82) is 0 Å². The van der Waals surface area contributed by atoms with Gasteiger partial charge in [0.25, 0.3) is 0 Å². The second-order valence-electron chi connectivity index (χ2n) is 32.4. The lowest BCUT2D eigenvalue weighted by molar-refractivity contribution is -0.151. The highest BCUT2D eigenvalue weighted by Crippen LogP contribution is 2.26. The van der Waals surface area contributed by atoms with Gasteiger partial charge in [-0.05, 0) is 94.5 Å². The maximum Gasteiger partial charge on any atom is 0.305 e. The van der Waals surface area contributed by atoms with Crippen LogP contribution in [0, 0.1) is 11.8 Å². The maximum absolute atomic E-state index is 15.5. The van der Waals surface area contributed by atoms with Crippen LogP contribution in [-0.2, 0) is 115 Å². The fourth-order valence-electron chi connectivity index (χ4n) is 14.3. The topological polar surface area (TPSA) is 484 Å². The number of nitrogens with zero attached hydrogens (tertiary/aromatic N) is 5. The summed E-state index contributed by atoms with van der Waals surface area (Å²) in [5.74, 6) is -17.8. The predicted octanol–water partition coefficient (Wildman–Crippen LogP) is 3.15. The second kappa shape index (κ2) is 50.1. The van der Waals surface area contributed by atoms with Gasteiger partial charge in [-0.2, -0.15) is 0 Å². The van der Waals surface area contributed by atoms with Crippen LogP contribution in [0.25, 0.3) is 0 Å². The average Bonchev–Trinajstić information content (AvgIpc) is 0.816. The largest absolute Gasteiger partial charge is 0.508 e. The van der Waals surface area contributed by atoms with Crippen molar-refractivity contribution in [1.82, 2.24) is 72.4 Å². The normalized spacial score (nSPS) is 21.9.